The third-order valence-corrected chi connectivity index (χ3v) is 2.67. The number of aryl methyl sites for hydroxylation is 1. The molecular weight excluding hydrogens is 241 g/mol. The van der Waals surface area contributed by atoms with Gasteiger partial charge in [0.15, 0.2) is 11.6 Å². The average Bonchev–Trinajstić information content (AvgIpc) is 2.32. The fourth-order valence-corrected chi connectivity index (χ4v) is 1.57. The molecule has 0 bridgehead atoms. The molecule has 0 amide bonds. The molecule has 4 heteroatoms. The Bertz CT molecular complexity index is 531. The predicted molar refractivity (Wildman–Crippen MR) is 64.7 cm³/mol. The van der Waals surface area contributed by atoms with Crippen molar-refractivity contribution in [2.24, 2.45) is 0 Å². The summed E-state index contributed by atoms with van der Waals surface area (Å²) in [6.07, 6.45) is 3.16. The van der Waals surface area contributed by atoms with Crippen LogP contribution in [0.4, 0.5) is 4.39 Å². The molecule has 2 nitrogen and oxygen atoms in total. The highest BCUT2D eigenvalue weighted by molar-refractivity contribution is 6.31. The molecule has 1 aromatic heterocycles. The minimum Gasteiger partial charge on any atom is -0.486 e. The molecule has 0 saturated carbocycles. The maximum Gasteiger partial charge on any atom is 0.165 e. The maximum absolute atomic E-state index is 13.4. The number of nitrogens with zero attached hydrogens (tertiary/aromatic N) is 1. The Morgan fingerprint density at radius 2 is 2.18 bits per heavy atom. The highest BCUT2D eigenvalue weighted by atomic mass is 35.5. The van der Waals surface area contributed by atoms with E-state index < -0.39 is 0 Å². The second-order valence-electron chi connectivity index (χ2n) is 3.69. The number of hydrogen-bond donors (Lipinski definition) is 0. The van der Waals surface area contributed by atoms with E-state index in [2.05, 4.69) is 4.98 Å². The molecule has 0 aliphatic carbocycles. The molecule has 0 aliphatic rings. The van der Waals surface area contributed by atoms with Crippen LogP contribution in [0.5, 0.6) is 5.75 Å². The van der Waals surface area contributed by atoms with E-state index in [1.54, 1.807) is 24.4 Å². The lowest BCUT2D eigenvalue weighted by atomic mass is 10.2. The molecule has 2 aromatic rings. The molecule has 0 fully saturated rings. The van der Waals surface area contributed by atoms with E-state index in [1.807, 2.05) is 6.92 Å². The normalized spacial score (nSPS) is 10.3. The Morgan fingerprint density at radius 3 is 2.94 bits per heavy atom. The van der Waals surface area contributed by atoms with E-state index in [0.717, 1.165) is 11.1 Å². The third kappa shape index (κ3) is 2.94. The lowest BCUT2D eigenvalue weighted by Crippen LogP contribution is -1.98. The van der Waals surface area contributed by atoms with Gasteiger partial charge < -0.3 is 4.74 Å². The largest absolute Gasteiger partial charge is 0.486 e. The van der Waals surface area contributed by atoms with Crippen molar-refractivity contribution in [2.75, 3.05) is 0 Å². The van der Waals surface area contributed by atoms with Crippen molar-refractivity contribution in [2.45, 2.75) is 13.5 Å². The minimum atomic E-state index is -0.374. The van der Waals surface area contributed by atoms with Gasteiger partial charge in [0.05, 0.1) is 5.02 Å². The van der Waals surface area contributed by atoms with Crippen molar-refractivity contribution in [3.8, 4) is 5.75 Å². The number of rotatable bonds is 3. The fraction of sp³-hybridized carbons (Fsp3) is 0.154. The van der Waals surface area contributed by atoms with Crippen LogP contribution in [0.25, 0.3) is 0 Å². The number of ether oxygens (including phenoxy) is 1. The third-order valence-electron chi connectivity index (χ3n) is 2.33. The molecule has 0 aliphatic heterocycles. The molecule has 0 unspecified atom stereocenters. The van der Waals surface area contributed by atoms with Crippen molar-refractivity contribution < 1.29 is 9.13 Å². The summed E-state index contributed by atoms with van der Waals surface area (Å²) >= 11 is 5.93. The van der Waals surface area contributed by atoms with Gasteiger partial charge in [-0.3, -0.25) is 4.98 Å². The minimum absolute atomic E-state index is 0.224. The molecule has 2 rings (SSSR count). The summed E-state index contributed by atoms with van der Waals surface area (Å²) in [6, 6.07) is 6.49. The quantitative estimate of drug-likeness (QED) is 0.829. The van der Waals surface area contributed by atoms with Crippen LogP contribution in [-0.2, 0) is 6.61 Å². The monoisotopic (exact) mass is 251 g/mol. The molecule has 17 heavy (non-hydrogen) atoms. The summed E-state index contributed by atoms with van der Waals surface area (Å²) in [4.78, 5) is 3.87. The summed E-state index contributed by atoms with van der Waals surface area (Å²) in [7, 11) is 0. The van der Waals surface area contributed by atoms with Crippen LogP contribution in [0.1, 0.15) is 11.1 Å². The van der Waals surface area contributed by atoms with E-state index in [1.165, 1.54) is 12.3 Å². The molecule has 88 valence electrons. The van der Waals surface area contributed by atoms with Gasteiger partial charge in [-0.1, -0.05) is 17.7 Å². The Kier molecular flexibility index (Phi) is 3.59. The number of halogens is 2. The van der Waals surface area contributed by atoms with Gasteiger partial charge >= 0.3 is 0 Å². The topological polar surface area (TPSA) is 22.1 Å². The van der Waals surface area contributed by atoms with Gasteiger partial charge in [-0.05, 0) is 30.7 Å². The van der Waals surface area contributed by atoms with Gasteiger partial charge in [0.1, 0.15) is 6.61 Å². The standard InChI is InChI=1S/C13H11ClFNO/c1-9-2-3-12(15)13(6-9)17-8-10-4-5-16-7-11(10)14/h2-7H,8H2,1H3. The fourth-order valence-electron chi connectivity index (χ4n) is 1.40. The second-order valence-corrected chi connectivity index (χ2v) is 4.10. The molecule has 0 radical (unpaired) electrons. The molecule has 1 heterocycles. The van der Waals surface area contributed by atoms with Crippen LogP contribution in [0.2, 0.25) is 5.02 Å². The molecule has 0 spiro atoms. The van der Waals surface area contributed by atoms with E-state index in [-0.39, 0.29) is 18.2 Å². The first-order valence-corrected chi connectivity index (χ1v) is 5.52. The van der Waals surface area contributed by atoms with E-state index >= 15 is 0 Å². The molecule has 1 aromatic carbocycles. The van der Waals surface area contributed by atoms with Crippen LogP contribution in [0, 0.1) is 12.7 Å². The van der Waals surface area contributed by atoms with Crippen molar-refractivity contribution in [3.63, 3.8) is 0 Å². The van der Waals surface area contributed by atoms with Gasteiger partial charge in [0, 0.05) is 18.0 Å². The molecule has 0 saturated heterocycles. The first-order valence-electron chi connectivity index (χ1n) is 5.14. The van der Waals surface area contributed by atoms with Crippen LogP contribution in [-0.4, -0.2) is 4.98 Å². The zero-order valence-corrected chi connectivity index (χ0v) is 10.0. The van der Waals surface area contributed by atoms with Crippen LogP contribution in [0.3, 0.4) is 0 Å². The van der Waals surface area contributed by atoms with Crippen molar-refractivity contribution >= 4 is 11.6 Å². The first-order chi connectivity index (χ1) is 8.16. The SMILES string of the molecule is Cc1ccc(F)c(OCc2ccncc2Cl)c1. The smallest absolute Gasteiger partial charge is 0.165 e. The highest BCUT2D eigenvalue weighted by Gasteiger charge is 2.05. The van der Waals surface area contributed by atoms with Gasteiger partial charge in [-0.25, -0.2) is 4.39 Å². The lowest BCUT2D eigenvalue weighted by molar-refractivity contribution is 0.290. The summed E-state index contributed by atoms with van der Waals surface area (Å²) in [5, 5.41) is 0.514. The maximum atomic E-state index is 13.4. The molecule has 0 atom stereocenters. The zero-order chi connectivity index (χ0) is 12.3. The summed E-state index contributed by atoms with van der Waals surface area (Å²) in [5.41, 5.74) is 1.73. The van der Waals surface area contributed by atoms with Crippen molar-refractivity contribution in [1.82, 2.24) is 4.98 Å². The Morgan fingerprint density at radius 1 is 1.35 bits per heavy atom. The molecular formula is C13H11ClFNO. The summed E-state index contributed by atoms with van der Waals surface area (Å²) in [5.74, 6) is -0.140. The van der Waals surface area contributed by atoms with Gasteiger partial charge in [0.25, 0.3) is 0 Å². The number of hydrogen-bond acceptors (Lipinski definition) is 2. The number of aromatic nitrogens is 1. The van der Waals surface area contributed by atoms with E-state index in [0.29, 0.717) is 5.02 Å². The predicted octanol–water partition coefficient (Wildman–Crippen LogP) is 3.76. The Labute approximate surface area is 104 Å². The highest BCUT2D eigenvalue weighted by Crippen LogP contribution is 2.21. The lowest BCUT2D eigenvalue weighted by Gasteiger charge is -2.08. The summed E-state index contributed by atoms with van der Waals surface area (Å²) < 4.78 is 18.8. The van der Waals surface area contributed by atoms with E-state index in [4.69, 9.17) is 16.3 Å². The van der Waals surface area contributed by atoms with Crippen LogP contribution < -0.4 is 4.74 Å². The van der Waals surface area contributed by atoms with Crippen LogP contribution in [0.15, 0.2) is 36.7 Å². The second kappa shape index (κ2) is 5.15. The zero-order valence-electron chi connectivity index (χ0n) is 9.28. The number of pyridine rings is 1. The Hall–Kier alpha value is -1.61. The number of benzene rings is 1. The first kappa shape index (κ1) is 11.9. The van der Waals surface area contributed by atoms with E-state index in [9.17, 15) is 4.39 Å². The van der Waals surface area contributed by atoms with Crippen molar-refractivity contribution in [1.29, 1.82) is 0 Å². The Balaban J connectivity index is 2.12. The van der Waals surface area contributed by atoms with Gasteiger partial charge in [-0.15, -0.1) is 0 Å². The van der Waals surface area contributed by atoms with Crippen LogP contribution >= 0.6 is 11.6 Å². The molecule has 0 N–H and O–H groups in total. The summed E-state index contributed by atoms with van der Waals surface area (Å²) in [6.45, 7) is 2.10. The van der Waals surface area contributed by atoms with Gasteiger partial charge in [-0.2, -0.15) is 0 Å². The van der Waals surface area contributed by atoms with Gasteiger partial charge in [0.2, 0.25) is 0 Å². The average molecular weight is 252 g/mol. The van der Waals surface area contributed by atoms with Crippen molar-refractivity contribution in [3.05, 3.63) is 58.6 Å².